The molecule has 0 aliphatic carbocycles. The predicted molar refractivity (Wildman–Crippen MR) is 53.7 cm³/mol. The minimum atomic E-state index is 0.663. The van der Waals surface area contributed by atoms with Crippen LogP contribution in [0.15, 0.2) is 23.1 Å². The lowest BCUT2D eigenvalue weighted by Crippen LogP contribution is -2.39. The zero-order valence-electron chi connectivity index (χ0n) is 6.75. The number of nitrogens with two attached hydrogens (primary N) is 1. The largest absolute Gasteiger partial charge is 0.398 e. The summed E-state index contributed by atoms with van der Waals surface area (Å²) in [6.45, 7) is 2.16. The Morgan fingerprint density at radius 3 is 2.67 bits per heavy atom. The highest BCUT2D eigenvalue weighted by Crippen LogP contribution is 2.25. The smallest absolute Gasteiger partial charge is 0.0449 e. The summed E-state index contributed by atoms with van der Waals surface area (Å²) in [5, 5.41) is 3.24. The lowest BCUT2D eigenvalue weighted by atomic mass is 9.94. The molecule has 0 radical (unpaired) electrons. The van der Waals surface area contributed by atoms with Gasteiger partial charge >= 0.3 is 0 Å². The molecule has 2 rings (SSSR count). The van der Waals surface area contributed by atoms with Crippen LogP contribution in [0.5, 0.6) is 0 Å². The monoisotopic (exact) mass is 180 g/mol. The van der Waals surface area contributed by atoms with Crippen LogP contribution in [0.3, 0.4) is 0 Å². The molecule has 0 aromatic heterocycles. The fourth-order valence-corrected chi connectivity index (χ4v) is 1.56. The van der Waals surface area contributed by atoms with Crippen LogP contribution >= 0.6 is 12.6 Å². The molecule has 1 heterocycles. The molecule has 0 unspecified atom stereocenters. The van der Waals surface area contributed by atoms with Gasteiger partial charge in [-0.1, -0.05) is 6.07 Å². The van der Waals surface area contributed by atoms with Crippen molar-refractivity contribution in [2.24, 2.45) is 0 Å². The van der Waals surface area contributed by atoms with E-state index in [0.29, 0.717) is 5.92 Å². The van der Waals surface area contributed by atoms with Gasteiger partial charge in [0.1, 0.15) is 0 Å². The van der Waals surface area contributed by atoms with E-state index in [1.165, 1.54) is 5.56 Å². The Labute approximate surface area is 77.6 Å². The molecule has 1 fully saturated rings. The molecule has 1 aromatic carbocycles. The van der Waals surface area contributed by atoms with Crippen molar-refractivity contribution in [3.63, 3.8) is 0 Å². The molecular formula is C9H12N2S. The lowest BCUT2D eigenvalue weighted by Gasteiger charge is -2.27. The molecule has 3 N–H and O–H groups in total. The van der Waals surface area contributed by atoms with Crippen molar-refractivity contribution >= 4 is 18.3 Å². The molecule has 0 atom stereocenters. The van der Waals surface area contributed by atoms with Gasteiger partial charge in [0.25, 0.3) is 0 Å². The number of hydrogen-bond acceptors (Lipinski definition) is 3. The van der Waals surface area contributed by atoms with Gasteiger partial charge in [-0.05, 0) is 17.7 Å². The molecule has 1 saturated heterocycles. The summed E-state index contributed by atoms with van der Waals surface area (Å²) in [5.41, 5.74) is 7.76. The molecule has 3 heteroatoms. The second-order valence-electron chi connectivity index (χ2n) is 3.17. The van der Waals surface area contributed by atoms with Gasteiger partial charge in [-0.15, -0.1) is 12.6 Å². The van der Waals surface area contributed by atoms with Crippen LogP contribution in [0.4, 0.5) is 5.69 Å². The third-order valence-electron chi connectivity index (χ3n) is 2.31. The Bertz CT molecular complexity index is 295. The van der Waals surface area contributed by atoms with Crippen LogP contribution in [-0.2, 0) is 0 Å². The topological polar surface area (TPSA) is 38.0 Å². The van der Waals surface area contributed by atoms with Crippen molar-refractivity contribution in [2.45, 2.75) is 10.8 Å². The van der Waals surface area contributed by atoms with Crippen molar-refractivity contribution in [1.29, 1.82) is 0 Å². The second-order valence-corrected chi connectivity index (χ2v) is 3.66. The van der Waals surface area contributed by atoms with E-state index in [1.54, 1.807) is 0 Å². The van der Waals surface area contributed by atoms with E-state index in [4.69, 9.17) is 5.73 Å². The maximum absolute atomic E-state index is 5.66. The van der Waals surface area contributed by atoms with Crippen LogP contribution in [0, 0.1) is 0 Å². The van der Waals surface area contributed by atoms with Gasteiger partial charge in [0.2, 0.25) is 0 Å². The quantitative estimate of drug-likeness (QED) is 0.449. The molecular weight excluding hydrogens is 168 g/mol. The van der Waals surface area contributed by atoms with Gasteiger partial charge in [0, 0.05) is 29.6 Å². The van der Waals surface area contributed by atoms with Gasteiger partial charge in [-0.2, -0.15) is 0 Å². The summed E-state index contributed by atoms with van der Waals surface area (Å²) in [4.78, 5) is 0.888. The van der Waals surface area contributed by atoms with E-state index >= 15 is 0 Å². The third-order valence-corrected chi connectivity index (χ3v) is 2.69. The van der Waals surface area contributed by atoms with Crippen molar-refractivity contribution < 1.29 is 0 Å². The maximum Gasteiger partial charge on any atom is 0.0449 e. The summed E-state index contributed by atoms with van der Waals surface area (Å²) in [7, 11) is 0. The van der Waals surface area contributed by atoms with Crippen LogP contribution < -0.4 is 11.1 Å². The average molecular weight is 180 g/mol. The van der Waals surface area contributed by atoms with Crippen LogP contribution in [0.25, 0.3) is 0 Å². The predicted octanol–water partition coefficient (Wildman–Crippen LogP) is 1.24. The minimum absolute atomic E-state index is 0.663. The van der Waals surface area contributed by atoms with E-state index in [9.17, 15) is 0 Å². The highest BCUT2D eigenvalue weighted by atomic mass is 32.1. The van der Waals surface area contributed by atoms with E-state index in [2.05, 4.69) is 30.1 Å². The fraction of sp³-hybridized carbons (Fsp3) is 0.333. The van der Waals surface area contributed by atoms with Crippen LogP contribution in [0.1, 0.15) is 11.5 Å². The van der Waals surface area contributed by atoms with Crippen molar-refractivity contribution in [2.75, 3.05) is 18.8 Å². The van der Waals surface area contributed by atoms with Gasteiger partial charge < -0.3 is 11.1 Å². The summed E-state index contributed by atoms with van der Waals surface area (Å²) in [6.07, 6.45) is 0. The Kier molecular flexibility index (Phi) is 1.98. The number of thiol groups is 1. The SMILES string of the molecule is Nc1ccc(C2CNC2)cc1S. The fourth-order valence-electron chi connectivity index (χ4n) is 1.34. The second kappa shape index (κ2) is 2.99. The number of anilines is 1. The molecule has 0 amide bonds. The van der Waals surface area contributed by atoms with Crippen molar-refractivity contribution in [3.8, 4) is 0 Å². The van der Waals surface area contributed by atoms with Gasteiger partial charge in [-0.3, -0.25) is 0 Å². The molecule has 0 spiro atoms. The van der Waals surface area contributed by atoms with Crippen molar-refractivity contribution in [1.82, 2.24) is 5.32 Å². The Morgan fingerprint density at radius 2 is 2.17 bits per heavy atom. The first-order valence-corrected chi connectivity index (χ1v) is 4.51. The van der Waals surface area contributed by atoms with E-state index in [0.717, 1.165) is 23.7 Å². The molecule has 12 heavy (non-hydrogen) atoms. The van der Waals surface area contributed by atoms with E-state index in [-0.39, 0.29) is 0 Å². The zero-order chi connectivity index (χ0) is 8.55. The molecule has 0 saturated carbocycles. The van der Waals surface area contributed by atoms with Crippen LogP contribution in [-0.4, -0.2) is 13.1 Å². The van der Waals surface area contributed by atoms with Crippen molar-refractivity contribution in [3.05, 3.63) is 23.8 Å². The summed E-state index contributed by atoms with van der Waals surface area (Å²) in [5.74, 6) is 0.663. The number of nitrogen functional groups attached to an aromatic ring is 1. The third kappa shape index (κ3) is 1.30. The maximum atomic E-state index is 5.66. The Balaban J connectivity index is 2.27. The highest BCUT2D eigenvalue weighted by Gasteiger charge is 2.18. The van der Waals surface area contributed by atoms with Gasteiger partial charge in [0.05, 0.1) is 0 Å². The molecule has 2 nitrogen and oxygen atoms in total. The number of hydrogen-bond donors (Lipinski definition) is 3. The number of nitrogens with one attached hydrogen (secondary N) is 1. The number of benzene rings is 1. The molecule has 1 aliphatic heterocycles. The first-order chi connectivity index (χ1) is 5.77. The Morgan fingerprint density at radius 1 is 1.42 bits per heavy atom. The van der Waals surface area contributed by atoms with Gasteiger partial charge in [-0.25, -0.2) is 0 Å². The first-order valence-electron chi connectivity index (χ1n) is 4.06. The summed E-state index contributed by atoms with van der Waals surface area (Å²) in [6, 6.07) is 6.07. The Hall–Kier alpha value is -0.670. The van der Waals surface area contributed by atoms with E-state index < -0.39 is 0 Å². The minimum Gasteiger partial charge on any atom is -0.398 e. The first kappa shape index (κ1) is 7.95. The summed E-state index contributed by atoms with van der Waals surface area (Å²) < 4.78 is 0. The molecule has 64 valence electrons. The molecule has 1 aromatic rings. The van der Waals surface area contributed by atoms with E-state index in [1.807, 2.05) is 6.07 Å². The highest BCUT2D eigenvalue weighted by molar-refractivity contribution is 7.80. The van der Waals surface area contributed by atoms with Gasteiger partial charge in [0.15, 0.2) is 0 Å². The average Bonchev–Trinajstić information content (AvgIpc) is 1.93. The summed E-state index contributed by atoms with van der Waals surface area (Å²) >= 11 is 4.28. The lowest BCUT2D eigenvalue weighted by molar-refractivity contribution is 0.448. The zero-order valence-corrected chi connectivity index (χ0v) is 7.64. The number of rotatable bonds is 1. The standard InChI is InChI=1S/C9H12N2S/c10-8-2-1-6(3-9(8)12)7-4-11-5-7/h1-3,7,11-12H,4-5,10H2. The van der Waals surface area contributed by atoms with Crippen LogP contribution in [0.2, 0.25) is 0 Å². The normalized spacial score (nSPS) is 17.4. The molecule has 1 aliphatic rings. The molecule has 0 bridgehead atoms.